The topological polar surface area (TPSA) is 33.1 Å². The molecule has 5 heteroatoms. The molecule has 2 heterocycles. The third-order valence-corrected chi connectivity index (χ3v) is 4.55. The average Bonchev–Trinajstić information content (AvgIpc) is 2.74. The number of hydrogen-bond acceptors (Lipinski definition) is 4. The first-order chi connectivity index (χ1) is 6.79. The maximum Gasteiger partial charge on any atom is 0.133 e. The first-order valence-electron chi connectivity index (χ1n) is 4.11. The van der Waals surface area contributed by atoms with E-state index in [2.05, 4.69) is 27.0 Å². The van der Waals surface area contributed by atoms with Crippen LogP contribution in [-0.2, 0) is 6.42 Å². The van der Waals surface area contributed by atoms with Crippen LogP contribution in [-0.4, -0.2) is 16.7 Å². The Morgan fingerprint density at radius 3 is 2.86 bits per heavy atom. The van der Waals surface area contributed by atoms with Gasteiger partial charge in [-0.1, -0.05) is 0 Å². The minimum absolute atomic E-state index is 0.190. The third kappa shape index (κ3) is 2.23. The molecule has 0 radical (unpaired) electrons. The molecule has 0 unspecified atom stereocenters. The summed E-state index contributed by atoms with van der Waals surface area (Å²) in [7, 11) is 0. The second kappa shape index (κ2) is 4.53. The van der Waals surface area contributed by atoms with Crippen LogP contribution in [0.25, 0.3) is 9.88 Å². The van der Waals surface area contributed by atoms with E-state index in [1.54, 1.807) is 22.7 Å². The van der Waals surface area contributed by atoms with Gasteiger partial charge < -0.3 is 5.11 Å². The normalized spacial score (nSPS) is 10.7. The summed E-state index contributed by atoms with van der Waals surface area (Å²) in [5.74, 6) is 0. The van der Waals surface area contributed by atoms with E-state index in [-0.39, 0.29) is 6.61 Å². The van der Waals surface area contributed by atoms with Gasteiger partial charge in [-0.25, -0.2) is 4.98 Å². The summed E-state index contributed by atoms with van der Waals surface area (Å²) in [4.78, 5) is 6.62. The van der Waals surface area contributed by atoms with Crippen molar-refractivity contribution in [2.45, 2.75) is 6.42 Å². The summed E-state index contributed by atoms with van der Waals surface area (Å²) in [5, 5.41) is 9.81. The fourth-order valence-electron chi connectivity index (χ4n) is 1.08. The minimum Gasteiger partial charge on any atom is -0.396 e. The molecule has 0 bridgehead atoms. The fourth-order valence-corrected chi connectivity index (χ4v) is 3.43. The molecule has 0 aliphatic heterocycles. The average molecular weight is 290 g/mol. The SMILES string of the molecule is OCCc1cnc(-c2ccc(Br)s2)s1. The van der Waals surface area contributed by atoms with Gasteiger partial charge in [0.2, 0.25) is 0 Å². The molecule has 0 aliphatic carbocycles. The van der Waals surface area contributed by atoms with E-state index in [0.29, 0.717) is 6.42 Å². The van der Waals surface area contributed by atoms with Crippen LogP contribution in [0, 0.1) is 0 Å². The zero-order chi connectivity index (χ0) is 9.97. The summed E-state index contributed by atoms with van der Waals surface area (Å²) >= 11 is 6.74. The zero-order valence-electron chi connectivity index (χ0n) is 7.24. The summed E-state index contributed by atoms with van der Waals surface area (Å²) in [6, 6.07) is 4.07. The van der Waals surface area contributed by atoms with E-state index in [1.165, 1.54) is 4.88 Å². The molecule has 0 saturated carbocycles. The molecule has 0 spiro atoms. The number of thiazole rings is 1. The number of halogens is 1. The van der Waals surface area contributed by atoms with Crippen molar-refractivity contribution < 1.29 is 5.11 Å². The van der Waals surface area contributed by atoms with Crippen molar-refractivity contribution in [2.75, 3.05) is 6.61 Å². The largest absolute Gasteiger partial charge is 0.396 e. The third-order valence-electron chi connectivity index (χ3n) is 1.70. The van der Waals surface area contributed by atoms with Gasteiger partial charge in [0.15, 0.2) is 0 Å². The van der Waals surface area contributed by atoms with Crippen molar-refractivity contribution in [3.05, 3.63) is 27.0 Å². The molecule has 0 aliphatic rings. The molecular weight excluding hydrogens is 282 g/mol. The van der Waals surface area contributed by atoms with Crippen molar-refractivity contribution in [3.8, 4) is 9.88 Å². The summed E-state index contributed by atoms with van der Waals surface area (Å²) in [6.07, 6.45) is 2.54. The maximum absolute atomic E-state index is 8.78. The second-order valence-electron chi connectivity index (χ2n) is 2.71. The highest BCUT2D eigenvalue weighted by Gasteiger charge is 2.06. The molecule has 14 heavy (non-hydrogen) atoms. The molecule has 0 fully saturated rings. The minimum atomic E-state index is 0.190. The Morgan fingerprint density at radius 2 is 2.21 bits per heavy atom. The predicted molar refractivity (Wildman–Crippen MR) is 63.9 cm³/mol. The summed E-state index contributed by atoms with van der Waals surface area (Å²) in [6.45, 7) is 0.190. The Balaban J connectivity index is 2.24. The molecule has 0 atom stereocenters. The first kappa shape index (κ1) is 10.3. The van der Waals surface area contributed by atoms with Crippen molar-refractivity contribution in [3.63, 3.8) is 0 Å². The number of hydrogen-bond donors (Lipinski definition) is 1. The van der Waals surface area contributed by atoms with Crippen molar-refractivity contribution >= 4 is 38.6 Å². The highest BCUT2D eigenvalue weighted by molar-refractivity contribution is 9.11. The lowest BCUT2D eigenvalue weighted by atomic mass is 10.4. The van der Waals surface area contributed by atoms with Gasteiger partial charge in [0.05, 0.1) is 8.66 Å². The van der Waals surface area contributed by atoms with Crippen LogP contribution < -0.4 is 0 Å². The Kier molecular flexibility index (Phi) is 3.33. The van der Waals surface area contributed by atoms with Crippen LogP contribution in [0.4, 0.5) is 0 Å². The quantitative estimate of drug-likeness (QED) is 0.942. The number of nitrogens with zero attached hydrogens (tertiary/aromatic N) is 1. The predicted octanol–water partition coefficient (Wildman–Crippen LogP) is 3.17. The van der Waals surface area contributed by atoms with Crippen molar-refractivity contribution in [1.29, 1.82) is 0 Å². The molecule has 2 rings (SSSR count). The Morgan fingerprint density at radius 1 is 1.36 bits per heavy atom. The molecule has 2 aromatic rings. The van der Waals surface area contributed by atoms with E-state index >= 15 is 0 Å². The summed E-state index contributed by atoms with van der Waals surface area (Å²) in [5.41, 5.74) is 0. The fraction of sp³-hybridized carbons (Fsp3) is 0.222. The van der Waals surface area contributed by atoms with E-state index in [1.807, 2.05) is 12.3 Å². The molecule has 2 aromatic heterocycles. The van der Waals surface area contributed by atoms with Gasteiger partial charge in [-0.15, -0.1) is 22.7 Å². The van der Waals surface area contributed by atoms with Crippen LogP contribution in [0.3, 0.4) is 0 Å². The standard InChI is InChI=1S/C9H8BrNOS2/c10-8-2-1-7(14-8)9-11-5-6(13-9)3-4-12/h1-2,5,12H,3-4H2. The summed E-state index contributed by atoms with van der Waals surface area (Å²) < 4.78 is 1.12. The van der Waals surface area contributed by atoms with E-state index in [9.17, 15) is 0 Å². The number of thiophene rings is 1. The number of aromatic nitrogens is 1. The zero-order valence-corrected chi connectivity index (χ0v) is 10.5. The lowest BCUT2D eigenvalue weighted by Crippen LogP contribution is -1.84. The highest BCUT2D eigenvalue weighted by atomic mass is 79.9. The Labute approximate surface area is 98.4 Å². The lowest BCUT2D eigenvalue weighted by molar-refractivity contribution is 0.300. The van der Waals surface area contributed by atoms with E-state index in [0.717, 1.165) is 13.7 Å². The van der Waals surface area contributed by atoms with Crippen LogP contribution in [0.15, 0.2) is 22.1 Å². The highest BCUT2D eigenvalue weighted by Crippen LogP contribution is 2.33. The molecular formula is C9H8BrNOS2. The van der Waals surface area contributed by atoms with Gasteiger partial charge >= 0.3 is 0 Å². The lowest BCUT2D eigenvalue weighted by Gasteiger charge is -1.87. The first-order valence-corrected chi connectivity index (χ1v) is 6.53. The number of aliphatic hydroxyl groups is 1. The van der Waals surface area contributed by atoms with Gasteiger partial charge in [-0.3, -0.25) is 0 Å². The molecule has 1 N–H and O–H groups in total. The Hall–Kier alpha value is -0.230. The monoisotopic (exact) mass is 289 g/mol. The number of rotatable bonds is 3. The van der Waals surface area contributed by atoms with Crippen LogP contribution in [0.5, 0.6) is 0 Å². The van der Waals surface area contributed by atoms with Crippen molar-refractivity contribution in [2.24, 2.45) is 0 Å². The maximum atomic E-state index is 8.78. The van der Waals surface area contributed by atoms with E-state index in [4.69, 9.17) is 5.11 Å². The molecule has 2 nitrogen and oxygen atoms in total. The van der Waals surface area contributed by atoms with Gasteiger partial charge in [0, 0.05) is 24.1 Å². The van der Waals surface area contributed by atoms with Gasteiger partial charge in [0.1, 0.15) is 5.01 Å². The van der Waals surface area contributed by atoms with Gasteiger partial charge in [-0.2, -0.15) is 0 Å². The van der Waals surface area contributed by atoms with Crippen LogP contribution in [0.2, 0.25) is 0 Å². The molecule has 0 aromatic carbocycles. The van der Waals surface area contributed by atoms with Gasteiger partial charge in [0.25, 0.3) is 0 Å². The van der Waals surface area contributed by atoms with Crippen LogP contribution >= 0.6 is 38.6 Å². The van der Waals surface area contributed by atoms with Crippen LogP contribution in [0.1, 0.15) is 4.88 Å². The van der Waals surface area contributed by atoms with Gasteiger partial charge in [-0.05, 0) is 28.1 Å². The molecule has 0 amide bonds. The Bertz CT molecular complexity index is 424. The molecule has 0 saturated heterocycles. The van der Waals surface area contributed by atoms with E-state index < -0.39 is 0 Å². The number of aliphatic hydroxyl groups excluding tert-OH is 1. The second-order valence-corrected chi connectivity index (χ2v) is 6.29. The smallest absolute Gasteiger partial charge is 0.133 e. The molecule has 74 valence electrons. The van der Waals surface area contributed by atoms with Crippen molar-refractivity contribution in [1.82, 2.24) is 4.98 Å².